The average molecular weight is 499 g/mol. The van der Waals surface area contributed by atoms with E-state index in [4.69, 9.17) is 14.2 Å². The van der Waals surface area contributed by atoms with Crippen molar-refractivity contribution in [3.05, 3.63) is 30.5 Å². The number of piperazine rings is 1. The lowest BCUT2D eigenvalue weighted by Gasteiger charge is -2.43. The molecule has 2 aliphatic heterocycles. The van der Waals surface area contributed by atoms with Crippen LogP contribution in [0.5, 0.6) is 5.75 Å². The highest BCUT2D eigenvalue weighted by Crippen LogP contribution is 2.37. The first-order valence-electron chi connectivity index (χ1n) is 13.2. The van der Waals surface area contributed by atoms with E-state index in [1.165, 1.54) is 0 Å². The second-order valence-electron chi connectivity index (χ2n) is 11.3. The third kappa shape index (κ3) is 6.14. The first kappa shape index (κ1) is 26.3. The molecule has 2 aromatic rings. The Labute approximate surface area is 215 Å². The van der Waals surface area contributed by atoms with Crippen LogP contribution >= 0.6 is 0 Å². The minimum Gasteiger partial charge on any atom is -0.496 e. The minimum absolute atomic E-state index is 0.0362. The van der Waals surface area contributed by atoms with Gasteiger partial charge in [-0.1, -0.05) is 13.8 Å². The van der Waals surface area contributed by atoms with Gasteiger partial charge in [-0.3, -0.25) is 0 Å². The van der Waals surface area contributed by atoms with Crippen LogP contribution in [-0.4, -0.2) is 65.8 Å². The number of hydrogen-bond acceptors (Lipinski definition) is 6. The quantitative estimate of drug-likeness (QED) is 0.507. The Morgan fingerprint density at radius 2 is 2.00 bits per heavy atom. The van der Waals surface area contributed by atoms with Crippen LogP contribution < -0.4 is 9.64 Å². The summed E-state index contributed by atoms with van der Waals surface area (Å²) in [5.74, 6) is 1.28. The van der Waals surface area contributed by atoms with Gasteiger partial charge in [0.05, 0.1) is 18.8 Å². The van der Waals surface area contributed by atoms with E-state index >= 15 is 0 Å². The van der Waals surface area contributed by atoms with Crippen LogP contribution in [0.15, 0.2) is 30.5 Å². The molecule has 0 aliphatic carbocycles. The van der Waals surface area contributed by atoms with Crippen molar-refractivity contribution in [1.29, 1.82) is 0 Å². The molecule has 198 valence electrons. The Kier molecular flexibility index (Phi) is 8.13. The zero-order chi connectivity index (χ0) is 25.9. The van der Waals surface area contributed by atoms with Crippen molar-refractivity contribution >= 4 is 11.8 Å². The SMILES string of the molecule is COc1cc(N2CCN(C(=O)OC(C)(C)C)C(CC(C)C)C2)ccc1-c1ccnn1C1CCCCO1. The maximum Gasteiger partial charge on any atom is 0.410 e. The van der Waals surface area contributed by atoms with Crippen LogP contribution in [0.3, 0.4) is 0 Å². The summed E-state index contributed by atoms with van der Waals surface area (Å²) < 4.78 is 19.5. The maximum absolute atomic E-state index is 12.9. The van der Waals surface area contributed by atoms with Gasteiger partial charge in [0.1, 0.15) is 11.4 Å². The lowest BCUT2D eigenvalue weighted by Crippen LogP contribution is -2.56. The van der Waals surface area contributed by atoms with Gasteiger partial charge in [-0.05, 0) is 70.6 Å². The molecular formula is C28H42N4O4. The van der Waals surface area contributed by atoms with Crippen molar-refractivity contribution in [2.45, 2.75) is 78.2 Å². The van der Waals surface area contributed by atoms with Gasteiger partial charge in [0.2, 0.25) is 0 Å². The number of carbonyl (C=O) groups excluding carboxylic acids is 1. The Bertz CT molecular complexity index is 1020. The summed E-state index contributed by atoms with van der Waals surface area (Å²) in [5.41, 5.74) is 2.58. The summed E-state index contributed by atoms with van der Waals surface area (Å²) in [6, 6.07) is 8.47. The lowest BCUT2D eigenvalue weighted by atomic mass is 9.99. The van der Waals surface area contributed by atoms with E-state index in [0.29, 0.717) is 12.5 Å². The maximum atomic E-state index is 12.9. The van der Waals surface area contributed by atoms with E-state index in [0.717, 1.165) is 68.1 Å². The molecule has 8 nitrogen and oxygen atoms in total. The van der Waals surface area contributed by atoms with Crippen molar-refractivity contribution in [3.8, 4) is 17.0 Å². The third-order valence-electron chi connectivity index (χ3n) is 6.78. The molecule has 0 N–H and O–H groups in total. The van der Waals surface area contributed by atoms with Gasteiger partial charge in [0, 0.05) is 49.8 Å². The Hall–Kier alpha value is -2.74. The second-order valence-corrected chi connectivity index (χ2v) is 11.3. The molecule has 1 aromatic heterocycles. The van der Waals surface area contributed by atoms with E-state index in [1.807, 2.05) is 42.6 Å². The number of methoxy groups -OCH3 is 1. The van der Waals surface area contributed by atoms with Crippen LogP contribution in [0.1, 0.15) is 66.5 Å². The Morgan fingerprint density at radius 1 is 1.19 bits per heavy atom. The minimum atomic E-state index is -0.505. The fourth-order valence-corrected chi connectivity index (χ4v) is 5.16. The van der Waals surface area contributed by atoms with Crippen molar-refractivity contribution < 1.29 is 19.0 Å². The van der Waals surface area contributed by atoms with E-state index in [9.17, 15) is 4.79 Å². The highest BCUT2D eigenvalue weighted by Gasteiger charge is 2.34. The average Bonchev–Trinajstić information content (AvgIpc) is 3.32. The van der Waals surface area contributed by atoms with Crippen molar-refractivity contribution in [3.63, 3.8) is 0 Å². The number of carbonyl (C=O) groups is 1. The van der Waals surface area contributed by atoms with Crippen LogP contribution in [0.2, 0.25) is 0 Å². The van der Waals surface area contributed by atoms with Gasteiger partial charge >= 0.3 is 6.09 Å². The van der Waals surface area contributed by atoms with Gasteiger partial charge in [0.15, 0.2) is 6.23 Å². The predicted octanol–water partition coefficient (Wildman–Crippen LogP) is 5.73. The fourth-order valence-electron chi connectivity index (χ4n) is 5.16. The number of hydrogen-bond donors (Lipinski definition) is 0. The number of benzene rings is 1. The van der Waals surface area contributed by atoms with Crippen LogP contribution in [0, 0.1) is 5.92 Å². The molecule has 2 aliphatic rings. The van der Waals surface area contributed by atoms with Crippen LogP contribution in [0.4, 0.5) is 10.5 Å². The van der Waals surface area contributed by atoms with Crippen molar-refractivity contribution in [2.24, 2.45) is 5.92 Å². The van der Waals surface area contributed by atoms with Crippen molar-refractivity contribution in [2.75, 3.05) is 38.3 Å². The molecule has 2 unspecified atom stereocenters. The summed E-state index contributed by atoms with van der Waals surface area (Å²) >= 11 is 0. The monoisotopic (exact) mass is 498 g/mol. The van der Waals surface area contributed by atoms with E-state index in [2.05, 4.69) is 42.0 Å². The standard InChI is InChI=1S/C28H42N4O4/c1-20(2)17-22-19-30(14-15-31(22)27(33)36-28(3,4)5)21-10-11-23(25(18-21)34-6)24-12-13-29-32(24)26-9-7-8-16-35-26/h10-13,18,20,22,26H,7-9,14-17,19H2,1-6H3. The summed E-state index contributed by atoms with van der Waals surface area (Å²) in [5, 5.41) is 4.57. The summed E-state index contributed by atoms with van der Waals surface area (Å²) in [7, 11) is 1.71. The molecule has 4 rings (SSSR count). The normalized spacial score (nSPS) is 21.1. The van der Waals surface area contributed by atoms with E-state index in [1.54, 1.807) is 7.11 Å². The van der Waals surface area contributed by atoms with Crippen LogP contribution in [0.25, 0.3) is 11.3 Å². The molecule has 0 radical (unpaired) electrons. The molecule has 2 saturated heterocycles. The van der Waals surface area contributed by atoms with E-state index < -0.39 is 5.60 Å². The van der Waals surface area contributed by atoms with Gasteiger partial charge in [-0.2, -0.15) is 5.10 Å². The molecule has 36 heavy (non-hydrogen) atoms. The predicted molar refractivity (Wildman–Crippen MR) is 141 cm³/mol. The highest BCUT2D eigenvalue weighted by molar-refractivity contribution is 5.72. The summed E-state index contributed by atoms with van der Waals surface area (Å²) in [4.78, 5) is 17.2. The molecule has 2 fully saturated rings. The molecule has 0 spiro atoms. The first-order valence-corrected chi connectivity index (χ1v) is 13.2. The number of ether oxygens (including phenoxy) is 3. The molecular weight excluding hydrogens is 456 g/mol. The molecule has 0 bridgehead atoms. The van der Waals surface area contributed by atoms with Crippen molar-refractivity contribution in [1.82, 2.24) is 14.7 Å². The van der Waals surface area contributed by atoms with Crippen LogP contribution in [-0.2, 0) is 9.47 Å². The van der Waals surface area contributed by atoms with Gasteiger partial charge in [0.25, 0.3) is 0 Å². The molecule has 3 heterocycles. The fraction of sp³-hybridized carbons (Fsp3) is 0.643. The third-order valence-corrected chi connectivity index (χ3v) is 6.78. The molecule has 1 aromatic carbocycles. The zero-order valence-corrected chi connectivity index (χ0v) is 22.7. The number of rotatable bonds is 6. The Morgan fingerprint density at radius 3 is 2.67 bits per heavy atom. The van der Waals surface area contributed by atoms with Gasteiger partial charge in [-0.15, -0.1) is 0 Å². The zero-order valence-electron chi connectivity index (χ0n) is 22.7. The summed E-state index contributed by atoms with van der Waals surface area (Å²) in [6.07, 6.45) is 5.70. The van der Waals surface area contributed by atoms with E-state index in [-0.39, 0.29) is 18.4 Å². The number of anilines is 1. The second kappa shape index (κ2) is 11.1. The molecule has 0 saturated carbocycles. The number of nitrogens with zero attached hydrogens (tertiary/aromatic N) is 4. The number of amides is 1. The first-order chi connectivity index (χ1) is 17.2. The topological polar surface area (TPSA) is 69.1 Å². The lowest BCUT2D eigenvalue weighted by molar-refractivity contribution is -0.0383. The largest absolute Gasteiger partial charge is 0.496 e. The highest BCUT2D eigenvalue weighted by atomic mass is 16.6. The number of aromatic nitrogens is 2. The molecule has 8 heteroatoms. The summed E-state index contributed by atoms with van der Waals surface area (Å²) in [6.45, 7) is 13.0. The van der Waals surface area contributed by atoms with Gasteiger partial charge < -0.3 is 24.0 Å². The molecule has 1 amide bonds. The Balaban J connectivity index is 1.55. The molecule has 2 atom stereocenters. The smallest absolute Gasteiger partial charge is 0.410 e. The van der Waals surface area contributed by atoms with Gasteiger partial charge in [-0.25, -0.2) is 9.48 Å².